The normalized spacial score (nSPS) is 19.3. The number of hydrogen-bond donors (Lipinski definition) is 3. The summed E-state index contributed by atoms with van der Waals surface area (Å²) >= 11 is 0. The summed E-state index contributed by atoms with van der Waals surface area (Å²) in [5.41, 5.74) is 0.886. The van der Waals surface area contributed by atoms with Crippen molar-refractivity contribution in [1.82, 2.24) is 15.4 Å². The molecule has 1 aromatic carbocycles. The van der Waals surface area contributed by atoms with Crippen LogP contribution in [0, 0.1) is 0 Å². The minimum absolute atomic E-state index is 0. The predicted molar refractivity (Wildman–Crippen MR) is 119 cm³/mol. The van der Waals surface area contributed by atoms with Crippen LogP contribution in [0.25, 0.3) is 0 Å². The lowest BCUT2D eigenvalue weighted by Crippen LogP contribution is -2.44. The minimum atomic E-state index is -3.44. The molecule has 0 amide bonds. The maximum absolute atomic E-state index is 12.1. The van der Waals surface area contributed by atoms with E-state index >= 15 is 0 Å². The Morgan fingerprint density at radius 3 is 2.56 bits per heavy atom. The van der Waals surface area contributed by atoms with E-state index in [1.54, 1.807) is 0 Å². The summed E-state index contributed by atoms with van der Waals surface area (Å²) in [6, 6.07) is 9.09. The second-order valence-electron chi connectivity index (χ2n) is 6.13. The van der Waals surface area contributed by atoms with Crippen LogP contribution in [0.3, 0.4) is 0 Å². The molecule has 1 fully saturated rings. The standard InChI is InChI=1S/C16H26N4O4S2.HI/c1-2-17-16(20-15-8-10-25(21,22)13-15)18-9-11-26(23,24)19-12-14-6-4-3-5-7-14;/h3-7,15,19H,2,8-13H2,1H3,(H2,17,18,20);1H. The minimum Gasteiger partial charge on any atom is -0.357 e. The quantitative estimate of drug-likeness (QED) is 0.256. The van der Waals surface area contributed by atoms with E-state index in [-0.39, 0.29) is 60.4 Å². The van der Waals surface area contributed by atoms with Gasteiger partial charge in [0.2, 0.25) is 10.0 Å². The van der Waals surface area contributed by atoms with Crippen LogP contribution in [0.4, 0.5) is 0 Å². The summed E-state index contributed by atoms with van der Waals surface area (Å²) in [6.07, 6.45) is 0.531. The van der Waals surface area contributed by atoms with Crippen molar-refractivity contribution in [1.29, 1.82) is 0 Å². The molecule has 2 rings (SSSR count). The fraction of sp³-hybridized carbons (Fsp3) is 0.562. The molecule has 0 radical (unpaired) electrons. The Bertz CT molecular complexity index is 814. The van der Waals surface area contributed by atoms with E-state index < -0.39 is 19.9 Å². The number of rotatable bonds is 8. The van der Waals surface area contributed by atoms with Gasteiger partial charge in [-0.2, -0.15) is 0 Å². The number of halogens is 1. The van der Waals surface area contributed by atoms with Crippen molar-refractivity contribution in [3.05, 3.63) is 35.9 Å². The molecule has 1 saturated heterocycles. The molecule has 0 aromatic heterocycles. The van der Waals surface area contributed by atoms with Crippen molar-refractivity contribution >= 4 is 49.8 Å². The molecule has 154 valence electrons. The molecule has 1 unspecified atom stereocenters. The lowest BCUT2D eigenvalue weighted by atomic mass is 10.2. The third-order valence-corrected chi connectivity index (χ3v) is 6.96. The number of guanidine groups is 1. The molecular weight excluding hydrogens is 503 g/mol. The molecular formula is C16H27IN4O4S2. The Kier molecular flexibility index (Phi) is 9.98. The topological polar surface area (TPSA) is 117 Å². The zero-order valence-corrected chi connectivity index (χ0v) is 19.2. The van der Waals surface area contributed by atoms with Crippen LogP contribution in [0.15, 0.2) is 35.3 Å². The number of sulfonamides is 1. The van der Waals surface area contributed by atoms with E-state index in [0.29, 0.717) is 18.9 Å². The van der Waals surface area contributed by atoms with E-state index in [0.717, 1.165) is 5.56 Å². The molecule has 1 heterocycles. The van der Waals surface area contributed by atoms with Gasteiger partial charge in [-0.3, -0.25) is 4.99 Å². The lowest BCUT2D eigenvalue weighted by Gasteiger charge is -2.15. The van der Waals surface area contributed by atoms with Crippen molar-refractivity contribution in [3.63, 3.8) is 0 Å². The monoisotopic (exact) mass is 530 g/mol. The number of benzene rings is 1. The SMILES string of the molecule is CCNC(=NCCS(=O)(=O)NCc1ccccc1)NC1CCS(=O)(=O)C1.I. The summed E-state index contributed by atoms with van der Waals surface area (Å²) in [6.45, 7) is 2.81. The molecule has 0 spiro atoms. The van der Waals surface area contributed by atoms with Gasteiger partial charge in [0.1, 0.15) is 0 Å². The Labute approximate surface area is 178 Å². The highest BCUT2D eigenvalue weighted by molar-refractivity contribution is 14.0. The van der Waals surface area contributed by atoms with Crippen LogP contribution < -0.4 is 15.4 Å². The van der Waals surface area contributed by atoms with Crippen LogP contribution in [0.1, 0.15) is 18.9 Å². The average molecular weight is 530 g/mol. The van der Waals surface area contributed by atoms with Crippen LogP contribution >= 0.6 is 24.0 Å². The van der Waals surface area contributed by atoms with Gasteiger partial charge in [-0.25, -0.2) is 21.6 Å². The summed E-state index contributed by atoms with van der Waals surface area (Å²) < 4.78 is 49.7. The largest absolute Gasteiger partial charge is 0.357 e. The summed E-state index contributed by atoms with van der Waals surface area (Å²) in [5, 5.41) is 6.07. The molecule has 3 N–H and O–H groups in total. The van der Waals surface area contributed by atoms with Gasteiger partial charge in [0.05, 0.1) is 23.8 Å². The van der Waals surface area contributed by atoms with E-state index in [1.807, 2.05) is 37.3 Å². The third-order valence-electron chi connectivity index (χ3n) is 3.89. The Balaban J connectivity index is 0.00000364. The number of hydrogen-bond acceptors (Lipinski definition) is 5. The summed E-state index contributed by atoms with van der Waals surface area (Å²) in [4.78, 5) is 4.25. The van der Waals surface area contributed by atoms with Crippen molar-refractivity contribution in [2.45, 2.75) is 25.9 Å². The van der Waals surface area contributed by atoms with Gasteiger partial charge in [0, 0.05) is 19.1 Å². The summed E-state index contributed by atoms with van der Waals surface area (Å²) in [5.74, 6) is 0.545. The first-order chi connectivity index (χ1) is 12.3. The van der Waals surface area contributed by atoms with E-state index in [4.69, 9.17) is 0 Å². The number of nitrogens with one attached hydrogen (secondary N) is 3. The number of aliphatic imine (C=N–C) groups is 1. The number of nitrogens with zero attached hydrogens (tertiary/aromatic N) is 1. The van der Waals surface area contributed by atoms with Gasteiger partial charge in [-0.05, 0) is 18.9 Å². The van der Waals surface area contributed by atoms with Crippen LogP contribution in [0.5, 0.6) is 0 Å². The second kappa shape index (κ2) is 11.2. The Hall–Kier alpha value is -0.920. The predicted octanol–water partition coefficient (Wildman–Crippen LogP) is 0.466. The highest BCUT2D eigenvalue weighted by Gasteiger charge is 2.28. The highest BCUT2D eigenvalue weighted by atomic mass is 127. The summed E-state index contributed by atoms with van der Waals surface area (Å²) in [7, 11) is -6.43. The van der Waals surface area contributed by atoms with Crippen LogP contribution in [0.2, 0.25) is 0 Å². The molecule has 1 aliphatic rings. The highest BCUT2D eigenvalue weighted by Crippen LogP contribution is 2.10. The zero-order chi connectivity index (χ0) is 19.0. The molecule has 0 bridgehead atoms. The first kappa shape index (κ1) is 24.1. The maximum Gasteiger partial charge on any atom is 0.213 e. The first-order valence-electron chi connectivity index (χ1n) is 8.56. The molecule has 0 aliphatic carbocycles. The van der Waals surface area contributed by atoms with Gasteiger partial charge in [-0.1, -0.05) is 30.3 Å². The number of sulfone groups is 1. The fourth-order valence-corrected chi connectivity index (χ4v) is 5.10. The third kappa shape index (κ3) is 9.21. The van der Waals surface area contributed by atoms with Crippen molar-refractivity contribution in [2.75, 3.05) is 30.3 Å². The van der Waals surface area contributed by atoms with Crippen LogP contribution in [-0.2, 0) is 26.4 Å². The smallest absolute Gasteiger partial charge is 0.213 e. The van der Waals surface area contributed by atoms with E-state index in [9.17, 15) is 16.8 Å². The molecule has 1 aliphatic heterocycles. The molecule has 1 aromatic rings. The van der Waals surface area contributed by atoms with Gasteiger partial charge in [-0.15, -0.1) is 24.0 Å². The van der Waals surface area contributed by atoms with Crippen molar-refractivity contribution < 1.29 is 16.8 Å². The fourth-order valence-electron chi connectivity index (χ4n) is 2.56. The van der Waals surface area contributed by atoms with Gasteiger partial charge in [0.15, 0.2) is 15.8 Å². The zero-order valence-electron chi connectivity index (χ0n) is 15.2. The lowest BCUT2D eigenvalue weighted by molar-refractivity contribution is 0.581. The molecule has 11 heteroatoms. The van der Waals surface area contributed by atoms with E-state index in [1.165, 1.54) is 0 Å². The molecule has 0 saturated carbocycles. The first-order valence-corrected chi connectivity index (χ1v) is 12.0. The molecule has 1 atom stereocenters. The van der Waals surface area contributed by atoms with Gasteiger partial charge >= 0.3 is 0 Å². The molecule has 8 nitrogen and oxygen atoms in total. The molecule has 27 heavy (non-hydrogen) atoms. The maximum atomic E-state index is 12.1. The van der Waals surface area contributed by atoms with Gasteiger partial charge < -0.3 is 10.6 Å². The second-order valence-corrected chi connectivity index (χ2v) is 10.3. The van der Waals surface area contributed by atoms with E-state index in [2.05, 4.69) is 20.3 Å². The Morgan fingerprint density at radius 1 is 1.26 bits per heavy atom. The van der Waals surface area contributed by atoms with Crippen LogP contribution in [-0.4, -0.2) is 59.2 Å². The van der Waals surface area contributed by atoms with Crippen molar-refractivity contribution in [2.24, 2.45) is 4.99 Å². The average Bonchev–Trinajstić information content (AvgIpc) is 2.93. The Morgan fingerprint density at radius 2 is 1.96 bits per heavy atom. The van der Waals surface area contributed by atoms with Gasteiger partial charge in [0.25, 0.3) is 0 Å². The van der Waals surface area contributed by atoms with Crippen molar-refractivity contribution in [3.8, 4) is 0 Å².